The average molecular weight is 227 g/mol. The second-order valence-electron chi connectivity index (χ2n) is 4.60. The highest BCUT2D eigenvalue weighted by molar-refractivity contribution is 5.69. The van der Waals surface area contributed by atoms with Gasteiger partial charge in [-0.15, -0.1) is 0 Å². The number of allylic oxidation sites excluding steroid dienone is 2. The topological polar surface area (TPSA) is 55.4 Å². The van der Waals surface area contributed by atoms with Crippen LogP contribution in [-0.4, -0.2) is 24.4 Å². The van der Waals surface area contributed by atoms with E-state index in [0.717, 1.165) is 12.0 Å². The average Bonchev–Trinajstić information content (AvgIpc) is 2.10. The predicted molar refractivity (Wildman–Crippen MR) is 62.9 cm³/mol. The number of hydrogen-bond acceptors (Lipinski definition) is 4. The van der Waals surface area contributed by atoms with Crippen LogP contribution < -0.4 is 5.32 Å². The Hall–Kier alpha value is -1.32. The molecule has 0 spiro atoms. The third kappa shape index (κ3) is 9.24. The van der Waals surface area contributed by atoms with E-state index in [9.17, 15) is 9.59 Å². The van der Waals surface area contributed by atoms with E-state index in [1.807, 2.05) is 27.7 Å². The molecule has 1 N–H and O–H groups in total. The number of hydrogen-bond donors (Lipinski definition) is 1. The highest BCUT2D eigenvalue weighted by Crippen LogP contribution is 2.08. The van der Waals surface area contributed by atoms with Crippen LogP contribution in [0.3, 0.4) is 0 Å². The molecule has 4 nitrogen and oxygen atoms in total. The molecule has 0 saturated heterocycles. The van der Waals surface area contributed by atoms with E-state index in [1.54, 1.807) is 0 Å². The number of rotatable bonds is 6. The van der Waals surface area contributed by atoms with E-state index in [0.29, 0.717) is 19.4 Å². The molecule has 0 unspecified atom stereocenters. The number of aldehydes is 1. The quantitative estimate of drug-likeness (QED) is 0.325. The van der Waals surface area contributed by atoms with Crippen molar-refractivity contribution in [3.8, 4) is 0 Å². The maximum atomic E-state index is 11.3. The monoisotopic (exact) mass is 227 g/mol. The Morgan fingerprint density at radius 2 is 2.00 bits per heavy atom. The summed E-state index contributed by atoms with van der Waals surface area (Å²) >= 11 is 0. The Labute approximate surface area is 97.1 Å². The van der Waals surface area contributed by atoms with Gasteiger partial charge in [-0.2, -0.15) is 0 Å². The SMILES string of the molecule is C/C(=C\C=O)NCCCC(=O)OC(C)(C)C. The van der Waals surface area contributed by atoms with Gasteiger partial charge >= 0.3 is 5.97 Å². The molecular weight excluding hydrogens is 206 g/mol. The van der Waals surface area contributed by atoms with E-state index in [1.165, 1.54) is 6.08 Å². The highest BCUT2D eigenvalue weighted by atomic mass is 16.6. The minimum Gasteiger partial charge on any atom is -0.460 e. The van der Waals surface area contributed by atoms with E-state index < -0.39 is 5.60 Å². The van der Waals surface area contributed by atoms with Crippen molar-refractivity contribution in [1.29, 1.82) is 0 Å². The summed E-state index contributed by atoms with van der Waals surface area (Å²) in [5.74, 6) is -0.189. The number of carbonyl (C=O) groups is 2. The van der Waals surface area contributed by atoms with E-state index >= 15 is 0 Å². The van der Waals surface area contributed by atoms with Gasteiger partial charge in [-0.05, 0) is 40.2 Å². The largest absolute Gasteiger partial charge is 0.460 e. The Kier molecular flexibility index (Phi) is 6.46. The summed E-state index contributed by atoms with van der Waals surface area (Å²) in [5, 5.41) is 3.02. The maximum absolute atomic E-state index is 11.3. The standard InChI is InChI=1S/C12H21NO3/c1-10(7-9-14)13-8-5-6-11(15)16-12(2,3)4/h7,9,13H,5-6,8H2,1-4H3/b10-7+. The summed E-state index contributed by atoms with van der Waals surface area (Å²) in [6.07, 6.45) is 3.27. The normalized spacial score (nSPS) is 12.1. The lowest BCUT2D eigenvalue weighted by Gasteiger charge is -2.19. The molecule has 0 amide bonds. The first-order valence-electron chi connectivity index (χ1n) is 5.43. The summed E-state index contributed by atoms with van der Waals surface area (Å²) < 4.78 is 5.15. The van der Waals surface area contributed by atoms with Crippen LogP contribution in [0.4, 0.5) is 0 Å². The lowest BCUT2D eigenvalue weighted by Crippen LogP contribution is -2.24. The second kappa shape index (κ2) is 7.04. The zero-order valence-electron chi connectivity index (χ0n) is 10.5. The number of ether oxygens (including phenoxy) is 1. The van der Waals surface area contributed by atoms with Gasteiger partial charge in [0.25, 0.3) is 0 Å². The van der Waals surface area contributed by atoms with E-state index in [2.05, 4.69) is 5.32 Å². The van der Waals surface area contributed by atoms with Crippen molar-refractivity contribution in [2.24, 2.45) is 0 Å². The molecule has 0 aromatic heterocycles. The molecule has 0 aromatic carbocycles. The third-order valence-corrected chi connectivity index (χ3v) is 1.70. The van der Waals surface area contributed by atoms with Gasteiger partial charge in [0.15, 0.2) is 0 Å². The van der Waals surface area contributed by atoms with Crippen LogP contribution >= 0.6 is 0 Å². The van der Waals surface area contributed by atoms with Crippen LogP contribution in [0.5, 0.6) is 0 Å². The van der Waals surface area contributed by atoms with Crippen molar-refractivity contribution < 1.29 is 14.3 Å². The minimum absolute atomic E-state index is 0.189. The van der Waals surface area contributed by atoms with Gasteiger partial charge in [0.05, 0.1) is 0 Å². The molecule has 0 saturated carbocycles. The molecule has 0 aliphatic rings. The Bertz CT molecular complexity index is 264. The molecule has 0 atom stereocenters. The number of carbonyl (C=O) groups excluding carboxylic acids is 2. The summed E-state index contributed by atoms with van der Waals surface area (Å²) in [6.45, 7) is 8.01. The zero-order chi connectivity index (χ0) is 12.6. The van der Waals surface area contributed by atoms with Crippen LogP contribution in [0, 0.1) is 0 Å². The minimum atomic E-state index is -0.419. The fourth-order valence-corrected chi connectivity index (χ4v) is 1.07. The molecule has 0 heterocycles. The smallest absolute Gasteiger partial charge is 0.306 e. The first-order chi connectivity index (χ1) is 7.35. The molecule has 92 valence electrons. The van der Waals surface area contributed by atoms with Crippen LogP contribution in [0.1, 0.15) is 40.5 Å². The molecule has 0 aliphatic heterocycles. The molecule has 4 heteroatoms. The number of esters is 1. The van der Waals surface area contributed by atoms with Gasteiger partial charge in [0, 0.05) is 18.7 Å². The summed E-state index contributed by atoms with van der Waals surface area (Å²) in [4.78, 5) is 21.4. The first kappa shape index (κ1) is 14.7. The van der Waals surface area contributed by atoms with Gasteiger partial charge in [-0.25, -0.2) is 0 Å². The Morgan fingerprint density at radius 3 is 2.50 bits per heavy atom. The zero-order valence-corrected chi connectivity index (χ0v) is 10.5. The van der Waals surface area contributed by atoms with Gasteiger partial charge in [-0.3, -0.25) is 9.59 Å². The third-order valence-electron chi connectivity index (χ3n) is 1.70. The molecule has 0 radical (unpaired) electrons. The fourth-order valence-electron chi connectivity index (χ4n) is 1.07. The van der Waals surface area contributed by atoms with Gasteiger partial charge in [0.2, 0.25) is 0 Å². The van der Waals surface area contributed by atoms with Crippen LogP contribution in [-0.2, 0) is 14.3 Å². The van der Waals surface area contributed by atoms with E-state index in [4.69, 9.17) is 4.74 Å². The molecule has 0 bridgehead atoms. The fraction of sp³-hybridized carbons (Fsp3) is 0.667. The Morgan fingerprint density at radius 1 is 1.38 bits per heavy atom. The van der Waals surface area contributed by atoms with Crippen LogP contribution in [0.2, 0.25) is 0 Å². The van der Waals surface area contributed by atoms with E-state index in [-0.39, 0.29) is 5.97 Å². The van der Waals surface area contributed by atoms with Crippen LogP contribution in [0.25, 0.3) is 0 Å². The number of nitrogens with one attached hydrogen (secondary N) is 1. The molecular formula is C12H21NO3. The molecule has 16 heavy (non-hydrogen) atoms. The first-order valence-corrected chi connectivity index (χ1v) is 5.43. The molecule has 0 rings (SSSR count). The lowest BCUT2D eigenvalue weighted by molar-refractivity contribution is -0.154. The van der Waals surface area contributed by atoms with Crippen molar-refractivity contribution in [3.63, 3.8) is 0 Å². The van der Waals surface area contributed by atoms with Crippen molar-refractivity contribution in [3.05, 3.63) is 11.8 Å². The predicted octanol–water partition coefficient (Wildman–Crippen LogP) is 1.80. The van der Waals surface area contributed by atoms with Gasteiger partial charge in [-0.1, -0.05) is 0 Å². The lowest BCUT2D eigenvalue weighted by atomic mass is 10.2. The van der Waals surface area contributed by atoms with Gasteiger partial charge in [0.1, 0.15) is 11.9 Å². The summed E-state index contributed by atoms with van der Waals surface area (Å²) in [5.41, 5.74) is 0.386. The highest BCUT2D eigenvalue weighted by Gasteiger charge is 2.15. The Balaban J connectivity index is 3.64. The van der Waals surface area contributed by atoms with Crippen molar-refractivity contribution >= 4 is 12.3 Å². The summed E-state index contributed by atoms with van der Waals surface area (Å²) in [7, 11) is 0. The van der Waals surface area contributed by atoms with Crippen molar-refractivity contribution in [2.45, 2.75) is 46.1 Å². The van der Waals surface area contributed by atoms with Crippen molar-refractivity contribution in [2.75, 3.05) is 6.54 Å². The maximum Gasteiger partial charge on any atom is 0.306 e. The van der Waals surface area contributed by atoms with Crippen molar-refractivity contribution in [1.82, 2.24) is 5.32 Å². The molecule has 0 aromatic rings. The van der Waals surface area contributed by atoms with Crippen LogP contribution in [0.15, 0.2) is 11.8 Å². The molecule has 0 aliphatic carbocycles. The molecule has 0 fully saturated rings. The van der Waals surface area contributed by atoms with Gasteiger partial charge < -0.3 is 10.1 Å². The second-order valence-corrected chi connectivity index (χ2v) is 4.60. The summed E-state index contributed by atoms with van der Waals surface area (Å²) in [6, 6.07) is 0.